The summed E-state index contributed by atoms with van der Waals surface area (Å²) in [6.07, 6.45) is 1.20. The van der Waals surface area contributed by atoms with Gasteiger partial charge in [-0.15, -0.1) is 0 Å². The third-order valence-electron chi connectivity index (χ3n) is 3.81. The Morgan fingerprint density at radius 1 is 1.33 bits per heavy atom. The van der Waals surface area contributed by atoms with Crippen LogP contribution in [0.25, 0.3) is 10.9 Å². The van der Waals surface area contributed by atoms with Crippen molar-refractivity contribution in [3.8, 4) is 0 Å². The fraction of sp³-hybridized carbons (Fsp3) is 0.400. The number of pyridine rings is 1. The first-order chi connectivity index (χ1) is 8.78. The maximum Gasteiger partial charge on any atom is 0.0726 e. The van der Waals surface area contributed by atoms with Gasteiger partial charge in [0, 0.05) is 29.9 Å². The first-order valence-corrected chi connectivity index (χ1v) is 6.59. The highest BCUT2D eigenvalue weighted by atomic mass is 15.2. The second-order valence-electron chi connectivity index (χ2n) is 5.13. The molecule has 3 rings (SSSR count). The van der Waals surface area contributed by atoms with Gasteiger partial charge in [0.05, 0.1) is 5.52 Å². The van der Waals surface area contributed by atoms with Crippen molar-refractivity contribution >= 4 is 16.6 Å². The maximum absolute atomic E-state index is 5.77. The van der Waals surface area contributed by atoms with Gasteiger partial charge >= 0.3 is 0 Å². The zero-order chi connectivity index (χ0) is 12.5. The van der Waals surface area contributed by atoms with Gasteiger partial charge in [-0.25, -0.2) is 0 Å². The average Bonchev–Trinajstić information content (AvgIpc) is 2.86. The summed E-state index contributed by atoms with van der Waals surface area (Å²) in [6.45, 7) is 5.00. The molecular formula is C15H19N3. The molecule has 1 atom stereocenters. The highest BCUT2D eigenvalue weighted by Crippen LogP contribution is 2.30. The van der Waals surface area contributed by atoms with E-state index in [1.807, 2.05) is 6.92 Å². The van der Waals surface area contributed by atoms with Crippen molar-refractivity contribution in [2.75, 3.05) is 24.5 Å². The Morgan fingerprint density at radius 3 is 3.00 bits per heavy atom. The van der Waals surface area contributed by atoms with Gasteiger partial charge in [0.15, 0.2) is 0 Å². The molecule has 94 valence electrons. The number of hydrogen-bond acceptors (Lipinski definition) is 3. The number of hydrogen-bond donors (Lipinski definition) is 1. The number of fused-ring (bicyclic) bond motifs is 1. The van der Waals surface area contributed by atoms with E-state index in [-0.39, 0.29) is 0 Å². The number of aryl methyl sites for hydroxylation is 1. The van der Waals surface area contributed by atoms with Gasteiger partial charge in [0.25, 0.3) is 0 Å². The monoisotopic (exact) mass is 241 g/mol. The lowest BCUT2D eigenvalue weighted by Crippen LogP contribution is -2.22. The molecule has 1 unspecified atom stereocenters. The number of anilines is 1. The van der Waals surface area contributed by atoms with E-state index in [4.69, 9.17) is 5.73 Å². The van der Waals surface area contributed by atoms with E-state index in [1.54, 1.807) is 0 Å². The second-order valence-corrected chi connectivity index (χ2v) is 5.13. The number of aromatic nitrogens is 1. The maximum atomic E-state index is 5.77. The minimum Gasteiger partial charge on any atom is -0.371 e. The number of benzene rings is 1. The van der Waals surface area contributed by atoms with Crippen LogP contribution in [0.4, 0.5) is 5.69 Å². The molecule has 2 aromatic rings. The van der Waals surface area contributed by atoms with Gasteiger partial charge < -0.3 is 10.6 Å². The van der Waals surface area contributed by atoms with E-state index in [0.717, 1.165) is 30.8 Å². The van der Waals surface area contributed by atoms with Gasteiger partial charge in [-0.1, -0.05) is 6.07 Å². The van der Waals surface area contributed by atoms with E-state index in [9.17, 15) is 0 Å². The Morgan fingerprint density at radius 2 is 2.22 bits per heavy atom. The fourth-order valence-corrected chi connectivity index (χ4v) is 2.76. The molecule has 2 heterocycles. The van der Waals surface area contributed by atoms with E-state index in [1.165, 1.54) is 17.5 Å². The summed E-state index contributed by atoms with van der Waals surface area (Å²) < 4.78 is 0. The molecule has 0 saturated carbocycles. The zero-order valence-corrected chi connectivity index (χ0v) is 10.8. The number of nitrogens with two attached hydrogens (primary N) is 1. The first kappa shape index (κ1) is 11.5. The minimum atomic E-state index is 0.638. The van der Waals surface area contributed by atoms with Crippen molar-refractivity contribution in [1.29, 1.82) is 0 Å². The lowest BCUT2D eigenvalue weighted by atomic mass is 10.1. The first-order valence-electron chi connectivity index (χ1n) is 6.59. The van der Waals surface area contributed by atoms with Crippen molar-refractivity contribution in [1.82, 2.24) is 4.98 Å². The molecule has 3 nitrogen and oxygen atoms in total. The Bertz CT molecular complexity index is 565. The molecule has 0 radical (unpaired) electrons. The summed E-state index contributed by atoms with van der Waals surface area (Å²) in [5, 5.41) is 1.25. The molecule has 0 spiro atoms. The Labute approximate surface area is 108 Å². The lowest BCUT2D eigenvalue weighted by molar-refractivity contribution is 0.603. The molecule has 18 heavy (non-hydrogen) atoms. The SMILES string of the molecule is Cc1ccc2c(N3CCC(CN)C3)cccc2n1. The van der Waals surface area contributed by atoms with Crippen LogP contribution in [0.5, 0.6) is 0 Å². The van der Waals surface area contributed by atoms with Crippen LogP contribution in [0.2, 0.25) is 0 Å². The fourth-order valence-electron chi connectivity index (χ4n) is 2.76. The van der Waals surface area contributed by atoms with Gasteiger partial charge in [0.2, 0.25) is 0 Å². The summed E-state index contributed by atoms with van der Waals surface area (Å²) in [7, 11) is 0. The second kappa shape index (κ2) is 4.58. The predicted molar refractivity (Wildman–Crippen MR) is 75.9 cm³/mol. The molecule has 2 N–H and O–H groups in total. The highest BCUT2D eigenvalue weighted by Gasteiger charge is 2.22. The molecule has 1 aliphatic rings. The van der Waals surface area contributed by atoms with Crippen molar-refractivity contribution in [2.45, 2.75) is 13.3 Å². The van der Waals surface area contributed by atoms with Gasteiger partial charge in [-0.3, -0.25) is 4.98 Å². The summed E-state index contributed by atoms with van der Waals surface area (Å²) in [5.41, 5.74) is 9.23. The van der Waals surface area contributed by atoms with Gasteiger partial charge in [-0.2, -0.15) is 0 Å². The van der Waals surface area contributed by atoms with E-state index >= 15 is 0 Å². The molecule has 0 aliphatic carbocycles. The van der Waals surface area contributed by atoms with Crippen molar-refractivity contribution < 1.29 is 0 Å². The average molecular weight is 241 g/mol. The molecule has 1 aliphatic heterocycles. The third kappa shape index (κ3) is 1.95. The molecule has 0 amide bonds. The van der Waals surface area contributed by atoms with Crippen molar-refractivity contribution in [3.05, 3.63) is 36.0 Å². The van der Waals surface area contributed by atoms with Crippen LogP contribution in [-0.2, 0) is 0 Å². The van der Waals surface area contributed by atoms with E-state index in [0.29, 0.717) is 5.92 Å². The van der Waals surface area contributed by atoms with Gasteiger partial charge in [-0.05, 0) is 50.1 Å². The van der Waals surface area contributed by atoms with Crippen LogP contribution < -0.4 is 10.6 Å². The van der Waals surface area contributed by atoms with E-state index in [2.05, 4.69) is 40.2 Å². The van der Waals surface area contributed by atoms with E-state index < -0.39 is 0 Å². The van der Waals surface area contributed by atoms with Crippen LogP contribution in [0, 0.1) is 12.8 Å². The quantitative estimate of drug-likeness (QED) is 0.877. The minimum absolute atomic E-state index is 0.638. The molecular weight excluding hydrogens is 222 g/mol. The standard InChI is InChI=1S/C15H19N3/c1-11-5-6-13-14(17-11)3-2-4-15(13)18-8-7-12(9-16)10-18/h2-6,12H,7-10,16H2,1H3. The van der Waals surface area contributed by atoms with Crippen LogP contribution in [0.3, 0.4) is 0 Å². The summed E-state index contributed by atoms with van der Waals surface area (Å²) in [4.78, 5) is 7.04. The topological polar surface area (TPSA) is 42.1 Å². The molecule has 3 heteroatoms. The van der Waals surface area contributed by atoms with Crippen LogP contribution in [-0.4, -0.2) is 24.6 Å². The summed E-state index contributed by atoms with van der Waals surface area (Å²) in [6, 6.07) is 10.6. The largest absolute Gasteiger partial charge is 0.371 e. The zero-order valence-electron chi connectivity index (χ0n) is 10.8. The molecule has 1 aromatic heterocycles. The Kier molecular flexibility index (Phi) is 2.92. The highest BCUT2D eigenvalue weighted by molar-refractivity contribution is 5.92. The Hall–Kier alpha value is -1.61. The number of rotatable bonds is 2. The smallest absolute Gasteiger partial charge is 0.0726 e. The van der Waals surface area contributed by atoms with Crippen LogP contribution in [0.1, 0.15) is 12.1 Å². The Balaban J connectivity index is 2.02. The van der Waals surface area contributed by atoms with Gasteiger partial charge in [0.1, 0.15) is 0 Å². The van der Waals surface area contributed by atoms with Crippen LogP contribution in [0.15, 0.2) is 30.3 Å². The predicted octanol–water partition coefficient (Wildman–Crippen LogP) is 2.33. The van der Waals surface area contributed by atoms with Crippen molar-refractivity contribution in [3.63, 3.8) is 0 Å². The normalized spacial score (nSPS) is 19.7. The number of nitrogens with zero attached hydrogens (tertiary/aromatic N) is 2. The summed E-state index contributed by atoms with van der Waals surface area (Å²) in [5.74, 6) is 0.638. The lowest BCUT2D eigenvalue weighted by Gasteiger charge is -2.20. The van der Waals surface area contributed by atoms with Crippen molar-refractivity contribution in [2.24, 2.45) is 11.7 Å². The molecule has 1 fully saturated rings. The molecule has 1 saturated heterocycles. The van der Waals surface area contributed by atoms with Crippen LogP contribution >= 0.6 is 0 Å². The molecule has 1 aromatic carbocycles. The summed E-state index contributed by atoms with van der Waals surface area (Å²) >= 11 is 0. The molecule has 0 bridgehead atoms. The third-order valence-corrected chi connectivity index (χ3v) is 3.81.